The summed E-state index contributed by atoms with van der Waals surface area (Å²) in [5.41, 5.74) is 1.32. The number of anilines is 1. The minimum atomic E-state index is -0.141. The first kappa shape index (κ1) is 18.6. The summed E-state index contributed by atoms with van der Waals surface area (Å²) in [6.45, 7) is 5.35. The van der Waals surface area contributed by atoms with E-state index in [2.05, 4.69) is 41.8 Å². The molecule has 0 unspecified atom stereocenters. The van der Waals surface area contributed by atoms with Gasteiger partial charge in [-0.05, 0) is 65.8 Å². The molecule has 0 heterocycles. The fourth-order valence-electron chi connectivity index (χ4n) is 2.07. The Kier molecular flexibility index (Phi) is 7.36. The Morgan fingerprint density at radius 3 is 2.38 bits per heavy atom. The molecule has 0 fully saturated rings. The second-order valence-electron chi connectivity index (χ2n) is 5.32. The maximum Gasteiger partial charge on any atom is 0.255 e. The highest BCUT2D eigenvalue weighted by Gasteiger charge is 2.10. The van der Waals surface area contributed by atoms with Crippen LogP contribution in [-0.4, -0.2) is 19.1 Å². The number of hydrogen-bond acceptors (Lipinski definition) is 3. The average molecular weight is 439 g/mol. The van der Waals surface area contributed by atoms with E-state index in [1.165, 1.54) is 0 Å². The van der Waals surface area contributed by atoms with Crippen LogP contribution in [0.5, 0.6) is 11.5 Å². The van der Waals surface area contributed by atoms with Gasteiger partial charge in [0.2, 0.25) is 0 Å². The van der Waals surface area contributed by atoms with E-state index < -0.39 is 0 Å². The van der Waals surface area contributed by atoms with E-state index in [9.17, 15) is 4.79 Å². The summed E-state index contributed by atoms with van der Waals surface area (Å²) in [6.07, 6.45) is 1.84. The van der Waals surface area contributed by atoms with Crippen LogP contribution in [0.2, 0.25) is 0 Å². The number of carbonyl (C=O) groups excluding carboxylic acids is 1. The molecule has 0 aliphatic carbocycles. The lowest BCUT2D eigenvalue weighted by atomic mass is 10.2. The second kappa shape index (κ2) is 9.52. The normalized spacial score (nSPS) is 10.3. The zero-order valence-corrected chi connectivity index (χ0v) is 16.1. The molecule has 5 heteroatoms. The van der Waals surface area contributed by atoms with Gasteiger partial charge in [-0.1, -0.05) is 19.9 Å². The number of benzene rings is 2. The summed E-state index contributed by atoms with van der Waals surface area (Å²) in [7, 11) is 0. The van der Waals surface area contributed by atoms with Gasteiger partial charge < -0.3 is 14.8 Å². The lowest BCUT2D eigenvalue weighted by Crippen LogP contribution is -2.12. The summed E-state index contributed by atoms with van der Waals surface area (Å²) in [5.74, 6) is 1.22. The molecule has 0 saturated carbocycles. The first-order chi connectivity index (χ1) is 11.6. The van der Waals surface area contributed by atoms with Gasteiger partial charge in [-0.3, -0.25) is 4.79 Å². The Hall–Kier alpha value is -1.76. The van der Waals surface area contributed by atoms with Crippen molar-refractivity contribution in [1.29, 1.82) is 0 Å². The van der Waals surface area contributed by atoms with Gasteiger partial charge >= 0.3 is 0 Å². The number of nitrogens with one attached hydrogen (secondary N) is 1. The third-order valence-corrected chi connectivity index (χ3v) is 3.88. The quantitative estimate of drug-likeness (QED) is 0.581. The first-order valence-corrected chi connectivity index (χ1v) is 9.18. The molecule has 1 N–H and O–H groups in total. The highest BCUT2D eigenvalue weighted by molar-refractivity contribution is 14.1. The Labute approximate surface area is 156 Å². The Bertz CT molecular complexity index is 688. The monoisotopic (exact) mass is 439 g/mol. The van der Waals surface area contributed by atoms with E-state index in [-0.39, 0.29) is 5.91 Å². The molecule has 24 heavy (non-hydrogen) atoms. The van der Waals surface area contributed by atoms with Crippen molar-refractivity contribution in [3.8, 4) is 11.5 Å². The van der Waals surface area contributed by atoms with Crippen molar-refractivity contribution < 1.29 is 14.3 Å². The van der Waals surface area contributed by atoms with E-state index in [1.54, 1.807) is 6.07 Å². The molecule has 0 aliphatic heterocycles. The summed E-state index contributed by atoms with van der Waals surface area (Å²) in [6, 6.07) is 12.9. The highest BCUT2D eigenvalue weighted by atomic mass is 127. The second-order valence-corrected chi connectivity index (χ2v) is 6.57. The van der Waals surface area contributed by atoms with E-state index in [4.69, 9.17) is 9.47 Å². The van der Waals surface area contributed by atoms with Gasteiger partial charge in [0.1, 0.15) is 0 Å². The summed E-state index contributed by atoms with van der Waals surface area (Å²) >= 11 is 2.19. The van der Waals surface area contributed by atoms with Crippen LogP contribution in [0.15, 0.2) is 42.5 Å². The van der Waals surface area contributed by atoms with Crippen LogP contribution in [0.1, 0.15) is 37.0 Å². The largest absolute Gasteiger partial charge is 0.490 e. The smallest absolute Gasteiger partial charge is 0.255 e. The van der Waals surface area contributed by atoms with Crippen molar-refractivity contribution in [3.63, 3.8) is 0 Å². The average Bonchev–Trinajstić information content (AvgIpc) is 2.59. The molecule has 0 spiro atoms. The van der Waals surface area contributed by atoms with Crippen LogP contribution in [0.4, 0.5) is 5.69 Å². The van der Waals surface area contributed by atoms with Gasteiger partial charge in [0.15, 0.2) is 11.5 Å². The van der Waals surface area contributed by atoms with E-state index in [0.29, 0.717) is 36.0 Å². The number of ether oxygens (including phenoxy) is 2. The summed E-state index contributed by atoms with van der Waals surface area (Å²) in [5, 5.41) is 2.91. The van der Waals surface area contributed by atoms with Crippen LogP contribution in [0.25, 0.3) is 0 Å². The maximum atomic E-state index is 12.4. The lowest BCUT2D eigenvalue weighted by Gasteiger charge is -2.14. The SMILES string of the molecule is CCCOc1ccc(NC(=O)c2cccc(I)c2)cc1OCCC. The molecule has 1 amide bonds. The number of carbonyl (C=O) groups is 1. The fourth-order valence-corrected chi connectivity index (χ4v) is 2.62. The van der Waals surface area contributed by atoms with Crippen LogP contribution in [-0.2, 0) is 0 Å². The van der Waals surface area contributed by atoms with Crippen LogP contribution >= 0.6 is 22.6 Å². The zero-order chi connectivity index (χ0) is 17.4. The van der Waals surface area contributed by atoms with Crippen molar-refractivity contribution >= 4 is 34.2 Å². The molecule has 0 aliphatic rings. The molecule has 128 valence electrons. The molecule has 0 saturated heterocycles. The number of amides is 1. The van der Waals surface area contributed by atoms with Crippen molar-refractivity contribution in [2.45, 2.75) is 26.7 Å². The third-order valence-electron chi connectivity index (χ3n) is 3.21. The van der Waals surface area contributed by atoms with E-state index >= 15 is 0 Å². The topological polar surface area (TPSA) is 47.6 Å². The van der Waals surface area contributed by atoms with Crippen molar-refractivity contribution in [2.24, 2.45) is 0 Å². The number of halogens is 1. The predicted octanol–water partition coefficient (Wildman–Crippen LogP) is 5.12. The minimum Gasteiger partial charge on any atom is -0.490 e. The van der Waals surface area contributed by atoms with E-state index in [1.807, 2.05) is 36.4 Å². The van der Waals surface area contributed by atoms with Crippen molar-refractivity contribution in [2.75, 3.05) is 18.5 Å². The molecular formula is C19H22INO3. The molecule has 0 bridgehead atoms. The molecule has 2 aromatic rings. The van der Waals surface area contributed by atoms with Crippen LogP contribution in [0, 0.1) is 3.57 Å². The van der Waals surface area contributed by atoms with Crippen LogP contribution < -0.4 is 14.8 Å². The maximum absolute atomic E-state index is 12.4. The number of rotatable bonds is 8. The first-order valence-electron chi connectivity index (χ1n) is 8.10. The van der Waals surface area contributed by atoms with Crippen molar-refractivity contribution in [1.82, 2.24) is 0 Å². The van der Waals surface area contributed by atoms with Gasteiger partial charge in [-0.2, -0.15) is 0 Å². The van der Waals surface area contributed by atoms with Gasteiger partial charge in [0, 0.05) is 20.9 Å². The molecular weight excluding hydrogens is 417 g/mol. The van der Waals surface area contributed by atoms with Crippen molar-refractivity contribution in [3.05, 3.63) is 51.6 Å². The fraction of sp³-hybridized carbons (Fsp3) is 0.316. The van der Waals surface area contributed by atoms with Gasteiger partial charge in [-0.25, -0.2) is 0 Å². The van der Waals surface area contributed by atoms with Gasteiger partial charge in [0.25, 0.3) is 5.91 Å². The van der Waals surface area contributed by atoms with E-state index in [0.717, 1.165) is 16.4 Å². The number of hydrogen-bond donors (Lipinski definition) is 1. The predicted molar refractivity (Wildman–Crippen MR) is 105 cm³/mol. The zero-order valence-electron chi connectivity index (χ0n) is 14.0. The molecule has 2 aromatic carbocycles. The van der Waals surface area contributed by atoms with Gasteiger partial charge in [0.05, 0.1) is 13.2 Å². The Morgan fingerprint density at radius 1 is 1.00 bits per heavy atom. The van der Waals surface area contributed by atoms with Gasteiger partial charge in [-0.15, -0.1) is 0 Å². The molecule has 0 atom stereocenters. The standard InChI is InChI=1S/C19H22INO3/c1-3-10-23-17-9-8-16(13-18(17)24-11-4-2)21-19(22)14-6-5-7-15(20)12-14/h5-9,12-13H,3-4,10-11H2,1-2H3,(H,21,22). The molecule has 0 radical (unpaired) electrons. The third kappa shape index (κ3) is 5.40. The molecule has 4 nitrogen and oxygen atoms in total. The lowest BCUT2D eigenvalue weighted by molar-refractivity contribution is 0.102. The minimum absolute atomic E-state index is 0.141. The molecule has 2 rings (SSSR count). The Balaban J connectivity index is 2.15. The Morgan fingerprint density at radius 2 is 1.71 bits per heavy atom. The molecule has 0 aromatic heterocycles. The summed E-state index contributed by atoms with van der Waals surface area (Å²) < 4.78 is 12.5. The van der Waals surface area contributed by atoms with Crippen LogP contribution in [0.3, 0.4) is 0 Å². The highest BCUT2D eigenvalue weighted by Crippen LogP contribution is 2.31. The summed E-state index contributed by atoms with van der Waals surface area (Å²) in [4.78, 5) is 12.4.